The van der Waals surface area contributed by atoms with Crippen molar-refractivity contribution in [3.63, 3.8) is 0 Å². The van der Waals surface area contributed by atoms with Crippen LogP contribution in [0.4, 0.5) is 4.79 Å². The molecule has 0 radical (unpaired) electrons. The van der Waals surface area contributed by atoms with Crippen LogP contribution in [0.5, 0.6) is 0 Å². The van der Waals surface area contributed by atoms with Crippen LogP contribution in [0, 0.1) is 11.8 Å². The molecule has 6 nitrogen and oxygen atoms in total. The minimum atomic E-state index is -0.519. The summed E-state index contributed by atoms with van der Waals surface area (Å²) in [5.41, 5.74) is 0.760. The van der Waals surface area contributed by atoms with E-state index in [0.29, 0.717) is 29.5 Å². The number of piperidine rings is 1. The Morgan fingerprint density at radius 3 is 2.88 bits per heavy atom. The van der Waals surface area contributed by atoms with Crippen LogP contribution in [0.3, 0.4) is 0 Å². The molecule has 1 saturated heterocycles. The number of amides is 2. The third-order valence-electron chi connectivity index (χ3n) is 5.14. The Morgan fingerprint density at radius 2 is 2.12 bits per heavy atom. The van der Waals surface area contributed by atoms with Gasteiger partial charge < -0.3 is 19.4 Å². The van der Waals surface area contributed by atoms with Gasteiger partial charge in [-0.25, -0.2) is 4.79 Å². The van der Waals surface area contributed by atoms with Crippen molar-refractivity contribution in [2.75, 3.05) is 13.1 Å². The largest absolute Gasteiger partial charge is 0.464 e. The van der Waals surface area contributed by atoms with Gasteiger partial charge in [0.25, 0.3) is 5.91 Å². The summed E-state index contributed by atoms with van der Waals surface area (Å²) < 4.78 is 10.9. The zero-order valence-electron chi connectivity index (χ0n) is 15.3. The van der Waals surface area contributed by atoms with Crippen LogP contribution in [-0.2, 0) is 4.74 Å². The molecule has 4 rings (SSSR count). The molecule has 2 aliphatic rings. The van der Waals surface area contributed by atoms with E-state index in [2.05, 4.69) is 5.32 Å². The number of hydrogen-bond donors (Lipinski definition) is 1. The number of likely N-dealkylation sites (tertiary alicyclic amines) is 1. The lowest BCUT2D eigenvalue weighted by Crippen LogP contribution is -2.47. The molecule has 0 spiro atoms. The molecule has 2 amide bonds. The SMILES string of the molecule is CC(C)(C)OC(=O)N1C[C@H]2C[C@H]2[C@H]1CNC(=O)c1cccc2occc12. The van der Waals surface area contributed by atoms with E-state index in [1.807, 2.05) is 26.8 Å². The van der Waals surface area contributed by atoms with Gasteiger partial charge in [0.2, 0.25) is 0 Å². The number of furan rings is 1. The topological polar surface area (TPSA) is 71.8 Å². The number of fused-ring (bicyclic) bond motifs is 2. The van der Waals surface area contributed by atoms with Crippen molar-refractivity contribution in [1.82, 2.24) is 10.2 Å². The van der Waals surface area contributed by atoms with Crippen LogP contribution >= 0.6 is 0 Å². The van der Waals surface area contributed by atoms with Crippen LogP contribution in [-0.4, -0.2) is 41.6 Å². The molecule has 26 heavy (non-hydrogen) atoms. The van der Waals surface area contributed by atoms with Crippen molar-refractivity contribution < 1.29 is 18.7 Å². The standard InChI is InChI=1S/C20H24N2O4/c1-20(2,3)26-19(24)22-11-12-9-15(12)16(22)10-21-18(23)14-5-4-6-17-13(14)7-8-25-17/h4-8,12,15-16H,9-11H2,1-3H3,(H,21,23)/t12-,15-,16-/m1/s1. The van der Waals surface area contributed by atoms with E-state index in [1.54, 1.807) is 29.4 Å². The smallest absolute Gasteiger partial charge is 0.410 e. The summed E-state index contributed by atoms with van der Waals surface area (Å²) in [7, 11) is 0. The molecule has 0 unspecified atom stereocenters. The second-order valence-electron chi connectivity index (χ2n) is 8.21. The van der Waals surface area contributed by atoms with Gasteiger partial charge in [0, 0.05) is 18.5 Å². The number of nitrogens with zero attached hydrogens (tertiary/aromatic N) is 1. The van der Waals surface area contributed by atoms with Crippen molar-refractivity contribution in [2.24, 2.45) is 11.8 Å². The first-order valence-electron chi connectivity index (χ1n) is 9.07. The lowest BCUT2D eigenvalue weighted by molar-refractivity contribution is 0.0192. The molecule has 1 aromatic heterocycles. The van der Waals surface area contributed by atoms with Gasteiger partial charge in [0.1, 0.15) is 11.2 Å². The lowest BCUT2D eigenvalue weighted by Gasteiger charge is -2.30. The third-order valence-corrected chi connectivity index (χ3v) is 5.14. The predicted octanol–water partition coefficient (Wildman–Crippen LogP) is 3.42. The second kappa shape index (κ2) is 6.04. The maximum absolute atomic E-state index is 12.7. The Morgan fingerprint density at radius 1 is 1.31 bits per heavy atom. The Kier molecular flexibility index (Phi) is 3.93. The fourth-order valence-corrected chi connectivity index (χ4v) is 3.85. The molecule has 1 N–H and O–H groups in total. The van der Waals surface area contributed by atoms with Crippen molar-refractivity contribution in [2.45, 2.75) is 38.8 Å². The van der Waals surface area contributed by atoms with E-state index in [-0.39, 0.29) is 18.0 Å². The normalized spacial score (nSPS) is 24.4. The molecule has 0 bridgehead atoms. The molecule has 1 aromatic carbocycles. The molecule has 138 valence electrons. The monoisotopic (exact) mass is 356 g/mol. The highest BCUT2D eigenvalue weighted by atomic mass is 16.6. The molecule has 1 aliphatic heterocycles. The number of rotatable bonds is 3. The van der Waals surface area contributed by atoms with Gasteiger partial charge in [-0.1, -0.05) is 6.07 Å². The van der Waals surface area contributed by atoms with E-state index >= 15 is 0 Å². The summed E-state index contributed by atoms with van der Waals surface area (Å²) >= 11 is 0. The van der Waals surface area contributed by atoms with Crippen LogP contribution < -0.4 is 5.32 Å². The molecule has 1 aliphatic carbocycles. The molecular weight excluding hydrogens is 332 g/mol. The highest BCUT2D eigenvalue weighted by molar-refractivity contribution is 6.05. The first-order valence-corrected chi connectivity index (χ1v) is 9.07. The zero-order valence-corrected chi connectivity index (χ0v) is 15.3. The zero-order chi connectivity index (χ0) is 18.5. The van der Waals surface area contributed by atoms with Crippen molar-refractivity contribution >= 4 is 23.0 Å². The number of ether oxygens (including phenoxy) is 1. The number of benzene rings is 1. The van der Waals surface area contributed by atoms with Gasteiger partial charge in [-0.3, -0.25) is 4.79 Å². The summed E-state index contributed by atoms with van der Waals surface area (Å²) in [5.74, 6) is 0.861. The minimum Gasteiger partial charge on any atom is -0.464 e. The van der Waals surface area contributed by atoms with Crippen molar-refractivity contribution in [3.05, 3.63) is 36.1 Å². The summed E-state index contributed by atoms with van der Waals surface area (Å²) in [6, 6.07) is 7.22. The summed E-state index contributed by atoms with van der Waals surface area (Å²) in [6.07, 6.45) is 2.41. The number of carbonyl (C=O) groups excluding carboxylic acids is 2. The van der Waals surface area contributed by atoms with E-state index in [4.69, 9.17) is 9.15 Å². The molecule has 3 atom stereocenters. The number of nitrogens with one attached hydrogen (secondary N) is 1. The molecular formula is C20H24N2O4. The molecule has 2 fully saturated rings. The highest BCUT2D eigenvalue weighted by Crippen LogP contribution is 2.49. The average molecular weight is 356 g/mol. The van der Waals surface area contributed by atoms with Gasteiger partial charge in [-0.05, 0) is 57.2 Å². The molecule has 6 heteroatoms. The Bertz CT molecular complexity index is 851. The van der Waals surface area contributed by atoms with Gasteiger partial charge >= 0.3 is 6.09 Å². The van der Waals surface area contributed by atoms with E-state index in [0.717, 1.165) is 18.4 Å². The maximum atomic E-state index is 12.7. The first kappa shape index (κ1) is 16.9. The predicted molar refractivity (Wildman–Crippen MR) is 96.9 cm³/mol. The van der Waals surface area contributed by atoms with Crippen LogP contribution in [0.2, 0.25) is 0 Å². The van der Waals surface area contributed by atoms with Crippen LogP contribution in [0.1, 0.15) is 37.6 Å². The third kappa shape index (κ3) is 3.16. The Balaban J connectivity index is 1.44. The fourth-order valence-electron chi connectivity index (χ4n) is 3.85. The Hall–Kier alpha value is -2.50. The Labute approximate surface area is 152 Å². The summed E-state index contributed by atoms with van der Waals surface area (Å²) in [5, 5.41) is 3.79. The molecule has 2 aromatic rings. The number of hydrogen-bond acceptors (Lipinski definition) is 4. The van der Waals surface area contributed by atoms with E-state index < -0.39 is 5.60 Å². The molecule has 1 saturated carbocycles. The first-order chi connectivity index (χ1) is 12.3. The second-order valence-corrected chi connectivity index (χ2v) is 8.21. The number of carbonyl (C=O) groups is 2. The van der Waals surface area contributed by atoms with Gasteiger partial charge in [0.05, 0.1) is 17.9 Å². The lowest BCUT2D eigenvalue weighted by atomic mass is 10.1. The van der Waals surface area contributed by atoms with Gasteiger partial charge in [-0.15, -0.1) is 0 Å². The minimum absolute atomic E-state index is 0.00218. The van der Waals surface area contributed by atoms with E-state index in [9.17, 15) is 9.59 Å². The summed E-state index contributed by atoms with van der Waals surface area (Å²) in [4.78, 5) is 26.9. The highest BCUT2D eigenvalue weighted by Gasteiger charge is 2.54. The van der Waals surface area contributed by atoms with E-state index in [1.165, 1.54) is 0 Å². The van der Waals surface area contributed by atoms with Crippen LogP contribution in [0.25, 0.3) is 11.0 Å². The van der Waals surface area contributed by atoms with Crippen molar-refractivity contribution in [3.8, 4) is 0 Å². The van der Waals surface area contributed by atoms with Gasteiger partial charge in [0.15, 0.2) is 0 Å². The summed E-state index contributed by atoms with van der Waals surface area (Å²) in [6.45, 7) is 6.75. The quantitative estimate of drug-likeness (QED) is 0.915. The maximum Gasteiger partial charge on any atom is 0.410 e. The van der Waals surface area contributed by atoms with Crippen molar-refractivity contribution in [1.29, 1.82) is 0 Å². The van der Waals surface area contributed by atoms with Gasteiger partial charge in [-0.2, -0.15) is 0 Å². The fraction of sp³-hybridized carbons (Fsp3) is 0.500. The molecule has 2 heterocycles. The average Bonchev–Trinajstić information content (AvgIpc) is 3.02. The van der Waals surface area contributed by atoms with Crippen LogP contribution in [0.15, 0.2) is 34.9 Å².